The Hall–Kier alpha value is -3.41. The Morgan fingerprint density at radius 3 is 2.77 bits per heavy atom. The van der Waals surface area contributed by atoms with Gasteiger partial charge in [-0.2, -0.15) is 4.98 Å². The van der Waals surface area contributed by atoms with Crippen LogP contribution in [0.5, 0.6) is 0 Å². The van der Waals surface area contributed by atoms with Crippen molar-refractivity contribution in [2.45, 2.75) is 44.4 Å². The monoisotopic (exact) mass is 429 g/mol. The summed E-state index contributed by atoms with van der Waals surface area (Å²) in [6, 6.07) is 5.42. The molecule has 162 valence electrons. The first-order valence-electron chi connectivity index (χ1n) is 9.88. The van der Waals surface area contributed by atoms with Gasteiger partial charge >= 0.3 is 0 Å². The summed E-state index contributed by atoms with van der Waals surface area (Å²) in [5.41, 5.74) is 2.11. The molecule has 0 saturated heterocycles. The molecule has 31 heavy (non-hydrogen) atoms. The summed E-state index contributed by atoms with van der Waals surface area (Å²) >= 11 is 0. The Morgan fingerprint density at radius 1 is 1.26 bits per heavy atom. The summed E-state index contributed by atoms with van der Waals surface area (Å²) < 4.78 is 28.5. The van der Waals surface area contributed by atoms with Crippen LogP contribution in [0.2, 0.25) is 0 Å². The zero-order valence-electron chi connectivity index (χ0n) is 16.9. The number of halogens is 2. The van der Waals surface area contributed by atoms with Crippen LogP contribution < -0.4 is 10.6 Å². The van der Waals surface area contributed by atoms with E-state index in [1.807, 2.05) is 6.07 Å². The van der Waals surface area contributed by atoms with Gasteiger partial charge in [-0.25, -0.2) is 23.0 Å². The molecule has 4 aromatic rings. The molecule has 12 heteroatoms. The minimum absolute atomic E-state index is 0.110. The lowest BCUT2D eigenvalue weighted by Crippen LogP contribution is -2.48. The normalized spacial score (nSPS) is 21.0. The average Bonchev–Trinajstić information content (AvgIpc) is 3.29. The first kappa shape index (κ1) is 19.5. The highest BCUT2D eigenvalue weighted by atomic mass is 19.3. The number of nitrogens with zero attached hydrogens (tertiary/aromatic N) is 7. The Morgan fingerprint density at radius 2 is 2.06 bits per heavy atom. The van der Waals surface area contributed by atoms with Gasteiger partial charge in [0.15, 0.2) is 11.5 Å². The first-order valence-corrected chi connectivity index (χ1v) is 9.88. The maximum Gasteiger partial charge on any atom is 0.258 e. The number of fused-ring (bicyclic) bond motifs is 2. The van der Waals surface area contributed by atoms with E-state index in [1.54, 1.807) is 36.8 Å². The van der Waals surface area contributed by atoms with Crippen molar-refractivity contribution in [2.24, 2.45) is 0 Å². The highest BCUT2D eigenvalue weighted by molar-refractivity contribution is 5.89. The summed E-state index contributed by atoms with van der Waals surface area (Å²) in [7, 11) is 1.76. The molecule has 0 radical (unpaired) electrons. The number of hydrogen-bond donors (Lipinski definition) is 3. The lowest BCUT2D eigenvalue weighted by Gasteiger charge is -2.41. The Bertz CT molecular complexity index is 1260. The van der Waals surface area contributed by atoms with Crippen molar-refractivity contribution >= 4 is 28.4 Å². The van der Waals surface area contributed by atoms with Gasteiger partial charge in [-0.3, -0.25) is 0 Å². The van der Waals surface area contributed by atoms with Crippen molar-refractivity contribution in [1.29, 1.82) is 0 Å². The van der Waals surface area contributed by atoms with Gasteiger partial charge in [-0.15, -0.1) is 10.2 Å². The Labute approximate surface area is 175 Å². The number of alkyl halides is 2. The highest BCUT2D eigenvalue weighted by Crippen LogP contribution is 2.34. The van der Waals surface area contributed by atoms with Gasteiger partial charge in [-0.1, -0.05) is 5.21 Å². The van der Waals surface area contributed by atoms with Gasteiger partial charge in [0.1, 0.15) is 17.6 Å². The van der Waals surface area contributed by atoms with E-state index in [9.17, 15) is 13.9 Å². The fourth-order valence-corrected chi connectivity index (χ4v) is 4.01. The van der Waals surface area contributed by atoms with Crippen LogP contribution in [-0.4, -0.2) is 64.8 Å². The zero-order valence-corrected chi connectivity index (χ0v) is 16.9. The molecule has 10 nitrogen and oxygen atoms in total. The number of hydrogen-bond acceptors (Lipinski definition) is 8. The van der Waals surface area contributed by atoms with Gasteiger partial charge in [0.05, 0.1) is 11.3 Å². The van der Waals surface area contributed by atoms with Crippen LogP contribution in [-0.2, 0) is 6.54 Å². The fourth-order valence-electron chi connectivity index (χ4n) is 4.01. The minimum Gasteiger partial charge on any atom is -0.390 e. The largest absolute Gasteiger partial charge is 0.390 e. The van der Waals surface area contributed by atoms with Crippen molar-refractivity contribution < 1.29 is 13.9 Å². The predicted molar refractivity (Wildman–Crippen MR) is 110 cm³/mol. The molecule has 4 aromatic heterocycles. The van der Waals surface area contributed by atoms with Crippen molar-refractivity contribution in [1.82, 2.24) is 34.6 Å². The smallest absolute Gasteiger partial charge is 0.258 e. The topological polar surface area (TPSA) is 118 Å². The maximum absolute atomic E-state index is 12.8. The maximum atomic E-state index is 12.8. The molecule has 0 aliphatic heterocycles. The second-order valence-corrected chi connectivity index (χ2v) is 8.00. The molecule has 0 atom stereocenters. The van der Waals surface area contributed by atoms with Gasteiger partial charge in [0.25, 0.3) is 6.43 Å². The minimum atomic E-state index is -2.56. The van der Waals surface area contributed by atoms with Crippen LogP contribution in [0.1, 0.15) is 19.8 Å². The number of anilines is 2. The van der Waals surface area contributed by atoms with Crippen LogP contribution in [0.25, 0.3) is 27.9 Å². The van der Waals surface area contributed by atoms with E-state index >= 15 is 0 Å². The van der Waals surface area contributed by atoms with E-state index < -0.39 is 18.6 Å². The average molecular weight is 429 g/mol. The predicted octanol–water partition coefficient (Wildman–Crippen LogP) is 2.17. The van der Waals surface area contributed by atoms with Crippen molar-refractivity contribution in [3.63, 3.8) is 0 Å². The van der Waals surface area contributed by atoms with Crippen molar-refractivity contribution in [2.75, 3.05) is 17.7 Å². The molecule has 0 amide bonds. The molecule has 3 N–H and O–H groups in total. The quantitative estimate of drug-likeness (QED) is 0.427. The second-order valence-electron chi connectivity index (χ2n) is 8.00. The molecule has 0 unspecified atom stereocenters. The second kappa shape index (κ2) is 7.08. The third kappa shape index (κ3) is 3.52. The van der Waals surface area contributed by atoms with E-state index in [4.69, 9.17) is 0 Å². The molecule has 0 aromatic carbocycles. The van der Waals surface area contributed by atoms with Gasteiger partial charge in [-0.05, 0) is 38.0 Å². The van der Waals surface area contributed by atoms with Crippen LogP contribution in [0, 0.1) is 0 Å². The van der Waals surface area contributed by atoms with Crippen LogP contribution in [0.15, 0.2) is 24.4 Å². The van der Waals surface area contributed by atoms with E-state index in [0.29, 0.717) is 47.0 Å². The first-order chi connectivity index (χ1) is 14.8. The van der Waals surface area contributed by atoms with E-state index in [2.05, 4.69) is 36.0 Å². The number of nitrogens with one attached hydrogen (secondary N) is 2. The zero-order chi connectivity index (χ0) is 21.8. The fraction of sp³-hybridized carbons (Fsp3) is 0.421. The Kier molecular flexibility index (Phi) is 4.46. The molecule has 1 saturated carbocycles. The molecular weight excluding hydrogens is 408 g/mol. The summed E-state index contributed by atoms with van der Waals surface area (Å²) in [6.45, 7) is 1.23. The number of aromatic nitrogens is 7. The molecule has 1 aliphatic rings. The summed E-state index contributed by atoms with van der Waals surface area (Å²) in [5.74, 6) is 1.03. The third-order valence-electron chi connectivity index (χ3n) is 5.40. The Balaban J connectivity index is 1.53. The molecule has 0 bridgehead atoms. The van der Waals surface area contributed by atoms with Crippen molar-refractivity contribution in [3.8, 4) is 11.3 Å². The van der Waals surface area contributed by atoms with Gasteiger partial charge < -0.3 is 15.7 Å². The van der Waals surface area contributed by atoms with Crippen LogP contribution in [0.3, 0.4) is 0 Å². The van der Waals surface area contributed by atoms with Crippen LogP contribution >= 0.6 is 0 Å². The SMILES string of the molecule is CNc1nc(NC2CC(C)(O)C2)nn2ccc(-c3ccc4nnn(CC(F)F)c4n3)c12. The lowest BCUT2D eigenvalue weighted by molar-refractivity contribution is -0.0236. The number of pyridine rings is 1. The molecular formula is C19H21F2N9O. The van der Waals surface area contributed by atoms with Gasteiger partial charge in [0.2, 0.25) is 5.95 Å². The molecule has 0 spiro atoms. The van der Waals surface area contributed by atoms with Crippen LogP contribution in [0.4, 0.5) is 20.5 Å². The molecule has 1 aliphatic carbocycles. The lowest BCUT2D eigenvalue weighted by atomic mass is 9.77. The number of rotatable bonds is 6. The standard InChI is InChI=1S/C19H21F2N9O/c1-19(31)7-10(8-19)23-18-25-16(22-2)15-11(5-6-29(15)27-18)12-3-4-13-17(24-12)30(28-26-13)9-14(20)21/h3-6,10,14,31H,7-9H2,1-2H3,(H2,22,23,25,27). The van der Waals surface area contributed by atoms with E-state index in [1.165, 1.54) is 0 Å². The van der Waals surface area contributed by atoms with E-state index in [0.717, 1.165) is 10.2 Å². The van der Waals surface area contributed by atoms with E-state index in [-0.39, 0.29) is 6.04 Å². The molecule has 1 fully saturated rings. The summed E-state index contributed by atoms with van der Waals surface area (Å²) in [4.78, 5) is 9.09. The molecule has 4 heterocycles. The number of aliphatic hydroxyl groups is 1. The summed E-state index contributed by atoms with van der Waals surface area (Å²) in [6.07, 6.45) is 0.491. The molecule has 5 rings (SSSR count). The summed E-state index contributed by atoms with van der Waals surface area (Å²) in [5, 5.41) is 28.5. The van der Waals surface area contributed by atoms with Gasteiger partial charge in [0, 0.05) is 24.8 Å². The van der Waals surface area contributed by atoms with Crippen molar-refractivity contribution in [3.05, 3.63) is 24.4 Å². The highest BCUT2D eigenvalue weighted by Gasteiger charge is 2.38. The third-order valence-corrected chi connectivity index (χ3v) is 5.40.